The standard InChI is InChI=1S/C19H31N3O.2ClH/c1-14-8-7-11-22(12-14)13-15(2)21-19(23)16(3)18(20)17-9-5-4-6-10-17;;/h4-6,9-10,14-16,18H,7-8,11-13,20H2,1-3H3,(H,21,23);2*1H. The summed E-state index contributed by atoms with van der Waals surface area (Å²) in [6.07, 6.45) is 2.58. The second-order valence-electron chi connectivity index (χ2n) is 7.14. The molecule has 4 nitrogen and oxygen atoms in total. The Morgan fingerprint density at radius 1 is 1.28 bits per heavy atom. The van der Waals surface area contributed by atoms with Crippen LogP contribution in [-0.4, -0.2) is 36.5 Å². The highest BCUT2D eigenvalue weighted by Gasteiger charge is 2.24. The molecule has 1 aliphatic heterocycles. The molecule has 144 valence electrons. The molecule has 4 atom stereocenters. The van der Waals surface area contributed by atoms with E-state index in [9.17, 15) is 4.79 Å². The number of piperidine rings is 1. The Labute approximate surface area is 164 Å². The zero-order valence-electron chi connectivity index (χ0n) is 15.5. The van der Waals surface area contributed by atoms with E-state index in [1.54, 1.807) is 0 Å². The number of carbonyl (C=O) groups is 1. The minimum Gasteiger partial charge on any atom is -0.352 e. The van der Waals surface area contributed by atoms with Crippen LogP contribution in [0.25, 0.3) is 0 Å². The molecule has 1 aromatic carbocycles. The molecule has 6 heteroatoms. The third kappa shape index (κ3) is 7.53. The Bertz CT molecular complexity index is 501. The van der Waals surface area contributed by atoms with E-state index < -0.39 is 0 Å². The van der Waals surface area contributed by atoms with Crippen molar-refractivity contribution in [1.29, 1.82) is 0 Å². The van der Waals surface area contributed by atoms with Crippen LogP contribution in [0.5, 0.6) is 0 Å². The summed E-state index contributed by atoms with van der Waals surface area (Å²) in [4.78, 5) is 14.9. The van der Waals surface area contributed by atoms with E-state index in [0.29, 0.717) is 0 Å². The lowest BCUT2D eigenvalue weighted by Crippen LogP contribution is -2.47. The van der Waals surface area contributed by atoms with Crippen LogP contribution < -0.4 is 11.1 Å². The van der Waals surface area contributed by atoms with Crippen molar-refractivity contribution in [1.82, 2.24) is 10.2 Å². The van der Waals surface area contributed by atoms with Crippen LogP contribution in [-0.2, 0) is 4.79 Å². The van der Waals surface area contributed by atoms with Gasteiger partial charge in [0.2, 0.25) is 5.91 Å². The molecule has 0 aromatic heterocycles. The average Bonchev–Trinajstić information content (AvgIpc) is 2.54. The summed E-state index contributed by atoms with van der Waals surface area (Å²) in [6.45, 7) is 9.49. The minimum absolute atomic E-state index is 0. The van der Waals surface area contributed by atoms with Gasteiger partial charge in [0.25, 0.3) is 0 Å². The largest absolute Gasteiger partial charge is 0.352 e. The van der Waals surface area contributed by atoms with E-state index in [-0.39, 0.29) is 48.7 Å². The fraction of sp³-hybridized carbons (Fsp3) is 0.632. The molecule has 1 heterocycles. The molecule has 1 fully saturated rings. The predicted molar refractivity (Wildman–Crippen MR) is 109 cm³/mol. The van der Waals surface area contributed by atoms with Gasteiger partial charge in [-0.25, -0.2) is 0 Å². The molecule has 4 unspecified atom stereocenters. The number of rotatable bonds is 6. The topological polar surface area (TPSA) is 58.4 Å². The quantitative estimate of drug-likeness (QED) is 0.783. The number of likely N-dealkylation sites (tertiary alicyclic amines) is 1. The fourth-order valence-corrected chi connectivity index (χ4v) is 3.39. The first-order valence-corrected chi connectivity index (χ1v) is 8.80. The van der Waals surface area contributed by atoms with E-state index in [2.05, 4.69) is 24.1 Å². The van der Waals surface area contributed by atoms with E-state index in [4.69, 9.17) is 5.73 Å². The van der Waals surface area contributed by atoms with Crippen LogP contribution in [0.3, 0.4) is 0 Å². The van der Waals surface area contributed by atoms with Gasteiger partial charge in [-0.05, 0) is 37.8 Å². The van der Waals surface area contributed by atoms with Crippen LogP contribution >= 0.6 is 24.8 Å². The molecule has 1 saturated heterocycles. The third-order valence-corrected chi connectivity index (χ3v) is 4.80. The molecular weight excluding hydrogens is 357 g/mol. The van der Waals surface area contributed by atoms with Crippen LogP contribution in [0, 0.1) is 11.8 Å². The smallest absolute Gasteiger partial charge is 0.224 e. The summed E-state index contributed by atoms with van der Waals surface area (Å²) >= 11 is 0. The van der Waals surface area contributed by atoms with Gasteiger partial charge >= 0.3 is 0 Å². The summed E-state index contributed by atoms with van der Waals surface area (Å²) in [5, 5.41) is 3.13. The van der Waals surface area contributed by atoms with Crippen molar-refractivity contribution >= 4 is 30.7 Å². The Morgan fingerprint density at radius 2 is 1.92 bits per heavy atom. The van der Waals surface area contributed by atoms with E-state index in [0.717, 1.165) is 31.1 Å². The number of halogens is 2. The van der Waals surface area contributed by atoms with Gasteiger partial charge in [-0.15, -0.1) is 24.8 Å². The van der Waals surface area contributed by atoms with Gasteiger partial charge in [0, 0.05) is 25.2 Å². The molecule has 0 bridgehead atoms. The van der Waals surface area contributed by atoms with Crippen molar-refractivity contribution in [2.24, 2.45) is 17.6 Å². The highest BCUT2D eigenvalue weighted by atomic mass is 35.5. The van der Waals surface area contributed by atoms with Crippen molar-refractivity contribution in [3.8, 4) is 0 Å². The van der Waals surface area contributed by atoms with Crippen molar-refractivity contribution in [3.05, 3.63) is 35.9 Å². The van der Waals surface area contributed by atoms with Crippen molar-refractivity contribution < 1.29 is 4.79 Å². The zero-order valence-corrected chi connectivity index (χ0v) is 17.1. The molecule has 0 spiro atoms. The number of nitrogens with one attached hydrogen (secondary N) is 1. The lowest BCUT2D eigenvalue weighted by atomic mass is 9.94. The first kappa shape index (κ1) is 24.2. The molecule has 3 N–H and O–H groups in total. The molecule has 0 aliphatic carbocycles. The molecule has 1 aromatic rings. The second kappa shape index (κ2) is 11.7. The Morgan fingerprint density at radius 3 is 2.52 bits per heavy atom. The monoisotopic (exact) mass is 389 g/mol. The van der Waals surface area contributed by atoms with Gasteiger partial charge in [0.05, 0.1) is 5.92 Å². The van der Waals surface area contributed by atoms with Crippen molar-refractivity contribution in [2.45, 2.75) is 45.7 Å². The zero-order chi connectivity index (χ0) is 16.8. The van der Waals surface area contributed by atoms with E-state index in [1.165, 1.54) is 12.8 Å². The predicted octanol–water partition coefficient (Wildman–Crippen LogP) is 3.40. The first-order valence-electron chi connectivity index (χ1n) is 8.80. The molecule has 1 amide bonds. The summed E-state index contributed by atoms with van der Waals surface area (Å²) < 4.78 is 0. The first-order chi connectivity index (χ1) is 11.0. The van der Waals surface area contributed by atoms with Crippen molar-refractivity contribution in [3.63, 3.8) is 0 Å². The fourth-order valence-electron chi connectivity index (χ4n) is 3.39. The normalized spacial score (nSPS) is 21.2. The number of benzene rings is 1. The van der Waals surface area contributed by atoms with Crippen molar-refractivity contribution in [2.75, 3.05) is 19.6 Å². The molecule has 2 rings (SSSR count). The number of hydrogen-bond donors (Lipinski definition) is 2. The maximum Gasteiger partial charge on any atom is 0.224 e. The van der Waals surface area contributed by atoms with Crippen LogP contribution in [0.4, 0.5) is 0 Å². The van der Waals surface area contributed by atoms with E-state index >= 15 is 0 Å². The van der Waals surface area contributed by atoms with Gasteiger partial charge in [0.15, 0.2) is 0 Å². The maximum atomic E-state index is 12.5. The lowest BCUT2D eigenvalue weighted by Gasteiger charge is -2.33. The number of carbonyl (C=O) groups excluding carboxylic acids is 1. The summed E-state index contributed by atoms with van der Waals surface area (Å²) in [5.41, 5.74) is 7.25. The van der Waals surface area contributed by atoms with Gasteiger partial charge in [-0.2, -0.15) is 0 Å². The molecule has 0 saturated carbocycles. The maximum absolute atomic E-state index is 12.5. The van der Waals surface area contributed by atoms with Gasteiger partial charge in [-0.3, -0.25) is 4.79 Å². The highest BCUT2D eigenvalue weighted by Crippen LogP contribution is 2.19. The minimum atomic E-state index is -0.265. The Hall–Kier alpha value is -0.810. The van der Waals surface area contributed by atoms with Gasteiger partial charge < -0.3 is 16.0 Å². The third-order valence-electron chi connectivity index (χ3n) is 4.80. The second-order valence-corrected chi connectivity index (χ2v) is 7.14. The molecule has 1 aliphatic rings. The molecular formula is C19H33Cl2N3O. The summed E-state index contributed by atoms with van der Waals surface area (Å²) in [6, 6.07) is 9.72. The number of amides is 1. The summed E-state index contributed by atoms with van der Waals surface area (Å²) in [7, 11) is 0. The van der Waals surface area contributed by atoms with E-state index in [1.807, 2.05) is 37.3 Å². The van der Waals surface area contributed by atoms with Gasteiger partial charge in [0.1, 0.15) is 0 Å². The Kier molecular flexibility index (Phi) is 11.4. The average molecular weight is 390 g/mol. The van der Waals surface area contributed by atoms with Crippen LogP contribution in [0.1, 0.15) is 45.2 Å². The van der Waals surface area contributed by atoms with Crippen LogP contribution in [0.2, 0.25) is 0 Å². The molecule has 25 heavy (non-hydrogen) atoms. The summed E-state index contributed by atoms with van der Waals surface area (Å²) in [5.74, 6) is 0.566. The Balaban J connectivity index is 0.00000288. The number of nitrogens with zero attached hydrogens (tertiary/aromatic N) is 1. The number of hydrogen-bond acceptors (Lipinski definition) is 3. The molecule has 0 radical (unpaired) electrons. The lowest BCUT2D eigenvalue weighted by molar-refractivity contribution is -0.125. The van der Waals surface area contributed by atoms with Crippen LogP contribution in [0.15, 0.2) is 30.3 Å². The highest BCUT2D eigenvalue weighted by molar-refractivity contribution is 5.85. The van der Waals surface area contributed by atoms with Gasteiger partial charge in [-0.1, -0.05) is 44.2 Å². The SMILES string of the molecule is CC1CCCN(CC(C)NC(=O)C(C)C(N)c2ccccc2)C1.Cl.Cl. The number of nitrogens with two attached hydrogens (primary N) is 1.